The van der Waals surface area contributed by atoms with E-state index in [9.17, 15) is 27.9 Å². The quantitative estimate of drug-likeness (QED) is 0.504. The lowest BCUT2D eigenvalue weighted by atomic mass is 9.60. The Labute approximate surface area is 204 Å². The lowest BCUT2D eigenvalue weighted by Crippen LogP contribution is -2.70. The number of hydrogen-bond acceptors (Lipinski definition) is 5. The van der Waals surface area contributed by atoms with Crippen LogP contribution in [0.25, 0.3) is 0 Å². The minimum absolute atomic E-state index is 0.00896. The second kappa shape index (κ2) is 9.94. The fourth-order valence-electron chi connectivity index (χ4n) is 4.74. The number of fused-ring (bicyclic) bond motifs is 3. The summed E-state index contributed by atoms with van der Waals surface area (Å²) in [4.78, 5) is 24.9. The second-order valence-electron chi connectivity index (χ2n) is 8.98. The van der Waals surface area contributed by atoms with Crippen LogP contribution in [0.5, 0.6) is 11.5 Å². The van der Waals surface area contributed by atoms with Gasteiger partial charge in [0.25, 0.3) is 11.8 Å². The van der Waals surface area contributed by atoms with Gasteiger partial charge < -0.3 is 25.2 Å². The van der Waals surface area contributed by atoms with E-state index >= 15 is 0 Å². The van der Waals surface area contributed by atoms with Gasteiger partial charge in [-0.2, -0.15) is 0 Å². The summed E-state index contributed by atoms with van der Waals surface area (Å²) in [6.07, 6.45) is 1.22. The predicted molar refractivity (Wildman–Crippen MR) is 120 cm³/mol. The first kappa shape index (κ1) is 25.1. The van der Waals surface area contributed by atoms with Crippen LogP contribution in [0, 0.1) is 17.5 Å². The molecule has 3 saturated carbocycles. The van der Waals surface area contributed by atoms with Gasteiger partial charge in [0.15, 0.2) is 24.8 Å². The monoisotopic (exact) mass is 512 g/mol. The molecule has 188 valence electrons. The summed E-state index contributed by atoms with van der Waals surface area (Å²) in [6.45, 7) is -0.758. The molecule has 3 aliphatic carbocycles. The van der Waals surface area contributed by atoms with Crippen molar-refractivity contribution in [2.75, 3.05) is 13.2 Å². The number of carbonyl (C=O) groups is 2. The first-order valence-corrected chi connectivity index (χ1v) is 11.4. The van der Waals surface area contributed by atoms with Crippen LogP contribution in [0.3, 0.4) is 0 Å². The van der Waals surface area contributed by atoms with Crippen molar-refractivity contribution in [3.63, 3.8) is 0 Å². The van der Waals surface area contributed by atoms with Crippen LogP contribution in [0.4, 0.5) is 13.2 Å². The molecule has 2 aromatic carbocycles. The standard InChI is InChI=1S/C24H24ClF3N2O5/c25-16-3-1-14(9-18(16)27)34-12-21(32)29-23-5-7-24(8-6-23,20(31)11-23)30-22(33)13-35-15-2-4-17(26)19(28)10-15/h1-4,9-10,20,31H,5-8,11-13H2,(H,29,32)(H,30,33)/t20-,23?,24?/m1/s1. The predicted octanol–water partition coefficient (Wildman–Crippen LogP) is 3.26. The smallest absolute Gasteiger partial charge is 0.258 e. The molecule has 3 fully saturated rings. The summed E-state index contributed by atoms with van der Waals surface area (Å²) in [5.74, 6) is -3.50. The molecule has 0 unspecified atom stereocenters. The van der Waals surface area contributed by atoms with Crippen molar-refractivity contribution >= 4 is 23.4 Å². The summed E-state index contributed by atoms with van der Waals surface area (Å²) in [7, 11) is 0. The highest BCUT2D eigenvalue weighted by Crippen LogP contribution is 2.47. The molecule has 1 atom stereocenters. The lowest BCUT2D eigenvalue weighted by Gasteiger charge is -2.56. The number of benzene rings is 2. The highest BCUT2D eigenvalue weighted by molar-refractivity contribution is 6.30. The van der Waals surface area contributed by atoms with Gasteiger partial charge in [-0.15, -0.1) is 0 Å². The third-order valence-corrected chi connectivity index (χ3v) is 6.94. The van der Waals surface area contributed by atoms with E-state index in [1.807, 2.05) is 0 Å². The van der Waals surface area contributed by atoms with Crippen LogP contribution in [0.1, 0.15) is 32.1 Å². The molecule has 3 aliphatic rings. The van der Waals surface area contributed by atoms with Crippen LogP contribution in [0.15, 0.2) is 36.4 Å². The fourth-order valence-corrected chi connectivity index (χ4v) is 4.86. The zero-order valence-electron chi connectivity index (χ0n) is 18.6. The van der Waals surface area contributed by atoms with Crippen molar-refractivity contribution in [2.45, 2.75) is 49.3 Å². The van der Waals surface area contributed by atoms with E-state index < -0.39 is 53.1 Å². The van der Waals surface area contributed by atoms with E-state index in [0.29, 0.717) is 25.7 Å². The molecule has 0 heterocycles. The number of aliphatic hydroxyl groups is 1. The lowest BCUT2D eigenvalue weighted by molar-refractivity contribution is -0.137. The molecule has 7 nitrogen and oxygen atoms in total. The minimum atomic E-state index is -1.08. The van der Waals surface area contributed by atoms with Gasteiger partial charge in [-0.1, -0.05) is 11.6 Å². The number of halogens is 4. The zero-order valence-corrected chi connectivity index (χ0v) is 19.3. The molecular weight excluding hydrogens is 489 g/mol. The summed E-state index contributed by atoms with van der Waals surface area (Å²) < 4.78 is 50.4. The Bertz CT molecular complexity index is 1120. The number of rotatable bonds is 8. The molecule has 5 rings (SSSR count). The van der Waals surface area contributed by atoms with Gasteiger partial charge in [0.05, 0.1) is 16.7 Å². The molecule has 2 aromatic rings. The normalized spacial score (nSPS) is 25.1. The van der Waals surface area contributed by atoms with E-state index in [0.717, 1.165) is 18.2 Å². The van der Waals surface area contributed by atoms with Gasteiger partial charge in [-0.25, -0.2) is 13.2 Å². The first-order chi connectivity index (χ1) is 16.6. The Morgan fingerprint density at radius 3 is 2.03 bits per heavy atom. The maximum Gasteiger partial charge on any atom is 0.258 e. The Morgan fingerprint density at radius 2 is 1.46 bits per heavy atom. The van der Waals surface area contributed by atoms with Gasteiger partial charge in [-0.05, 0) is 56.4 Å². The Kier molecular flexibility index (Phi) is 7.14. The number of amides is 2. The first-order valence-electron chi connectivity index (χ1n) is 11.1. The summed E-state index contributed by atoms with van der Waals surface area (Å²) in [5, 5.41) is 16.5. The molecular formula is C24H24ClF3N2O5. The second-order valence-corrected chi connectivity index (χ2v) is 9.39. The SMILES string of the molecule is O=C(COc1ccc(Cl)c(F)c1)NC12CCC(NC(=O)COc3ccc(F)c(F)c3)(CC1)[C@H](O)C2. The molecule has 2 amide bonds. The highest BCUT2D eigenvalue weighted by Gasteiger charge is 2.55. The van der Waals surface area contributed by atoms with Crippen LogP contribution in [0.2, 0.25) is 5.02 Å². The third-order valence-electron chi connectivity index (χ3n) is 6.64. The molecule has 2 bridgehead atoms. The number of nitrogens with one attached hydrogen (secondary N) is 2. The Hall–Kier alpha value is -2.98. The average molecular weight is 513 g/mol. The highest BCUT2D eigenvalue weighted by atomic mass is 35.5. The van der Waals surface area contributed by atoms with Crippen molar-refractivity contribution in [3.8, 4) is 11.5 Å². The fraction of sp³-hybridized carbons (Fsp3) is 0.417. The van der Waals surface area contributed by atoms with Crippen LogP contribution < -0.4 is 20.1 Å². The van der Waals surface area contributed by atoms with Crippen LogP contribution in [-0.4, -0.2) is 47.3 Å². The summed E-state index contributed by atoms with van der Waals surface area (Å²) in [6, 6.07) is 6.84. The molecule has 11 heteroatoms. The summed E-state index contributed by atoms with van der Waals surface area (Å²) >= 11 is 5.63. The van der Waals surface area contributed by atoms with Gasteiger partial charge >= 0.3 is 0 Å². The van der Waals surface area contributed by atoms with E-state index in [1.54, 1.807) is 0 Å². The average Bonchev–Trinajstić information content (AvgIpc) is 2.82. The number of hydrogen-bond donors (Lipinski definition) is 3. The van der Waals surface area contributed by atoms with Gasteiger partial charge in [-0.3, -0.25) is 9.59 Å². The molecule has 0 aromatic heterocycles. The van der Waals surface area contributed by atoms with Crippen LogP contribution >= 0.6 is 11.6 Å². The Balaban J connectivity index is 1.28. The van der Waals surface area contributed by atoms with Crippen molar-refractivity contribution < 1.29 is 37.3 Å². The van der Waals surface area contributed by atoms with Crippen molar-refractivity contribution in [1.29, 1.82) is 0 Å². The summed E-state index contributed by atoms with van der Waals surface area (Å²) in [5.41, 5.74) is -1.50. The van der Waals surface area contributed by atoms with Gasteiger partial charge in [0, 0.05) is 17.7 Å². The van der Waals surface area contributed by atoms with Crippen LogP contribution in [-0.2, 0) is 9.59 Å². The number of ether oxygens (including phenoxy) is 2. The van der Waals surface area contributed by atoms with Crippen molar-refractivity contribution in [3.05, 3.63) is 58.9 Å². The van der Waals surface area contributed by atoms with E-state index in [1.165, 1.54) is 18.2 Å². The molecule has 0 radical (unpaired) electrons. The molecule has 0 saturated heterocycles. The van der Waals surface area contributed by atoms with E-state index in [2.05, 4.69) is 10.6 Å². The maximum atomic E-state index is 13.5. The number of aliphatic hydroxyl groups excluding tert-OH is 1. The third kappa shape index (κ3) is 5.65. The van der Waals surface area contributed by atoms with Crippen molar-refractivity contribution in [2.24, 2.45) is 0 Å². The maximum absolute atomic E-state index is 13.5. The topological polar surface area (TPSA) is 96.9 Å². The largest absolute Gasteiger partial charge is 0.484 e. The molecule has 0 spiro atoms. The molecule has 0 aliphatic heterocycles. The van der Waals surface area contributed by atoms with Gasteiger partial charge in [0.2, 0.25) is 0 Å². The van der Waals surface area contributed by atoms with E-state index in [-0.39, 0.29) is 29.5 Å². The Morgan fingerprint density at radius 1 is 0.886 bits per heavy atom. The molecule has 35 heavy (non-hydrogen) atoms. The van der Waals surface area contributed by atoms with Crippen molar-refractivity contribution in [1.82, 2.24) is 10.6 Å². The molecule has 3 N–H and O–H groups in total. The number of carbonyl (C=O) groups excluding carboxylic acids is 2. The van der Waals surface area contributed by atoms with E-state index in [4.69, 9.17) is 21.1 Å². The zero-order chi connectivity index (χ0) is 25.2. The van der Waals surface area contributed by atoms with Gasteiger partial charge in [0.1, 0.15) is 17.3 Å². The minimum Gasteiger partial charge on any atom is -0.484 e.